The van der Waals surface area contributed by atoms with Crippen LogP contribution in [0.5, 0.6) is 0 Å². The van der Waals surface area contributed by atoms with E-state index >= 15 is 0 Å². The highest BCUT2D eigenvalue weighted by Gasteiger charge is 2.19. The number of carboxylic acids is 1. The number of H-pyrrole nitrogens is 1. The lowest BCUT2D eigenvalue weighted by Gasteiger charge is -2.14. The number of para-hydroxylation sites is 1. The predicted molar refractivity (Wildman–Crippen MR) is 87.8 cm³/mol. The van der Waals surface area contributed by atoms with Gasteiger partial charge in [-0.2, -0.15) is 5.48 Å². The molecule has 0 aliphatic carbocycles. The van der Waals surface area contributed by atoms with Gasteiger partial charge in [-0.3, -0.25) is 9.63 Å². The molecule has 0 aliphatic heterocycles. The van der Waals surface area contributed by atoms with Crippen LogP contribution in [0.1, 0.15) is 11.1 Å². The molecule has 0 spiro atoms. The van der Waals surface area contributed by atoms with Gasteiger partial charge in [-0.25, -0.2) is 0 Å². The molecule has 1 heterocycles. The van der Waals surface area contributed by atoms with Gasteiger partial charge in [-0.1, -0.05) is 48.5 Å². The van der Waals surface area contributed by atoms with Gasteiger partial charge in [0.15, 0.2) is 0 Å². The Balaban J connectivity index is 1.64. The molecular formula is C18H18N2O3. The number of carboxylic acid groups (broad SMARTS) is 1. The van der Waals surface area contributed by atoms with Crippen LogP contribution in [0, 0.1) is 0 Å². The van der Waals surface area contributed by atoms with Crippen molar-refractivity contribution in [2.45, 2.75) is 19.1 Å². The number of aliphatic carboxylic acids is 1. The zero-order chi connectivity index (χ0) is 16.1. The molecule has 3 aromatic rings. The number of aromatic nitrogens is 1. The molecule has 0 saturated carbocycles. The van der Waals surface area contributed by atoms with Crippen molar-refractivity contribution in [1.82, 2.24) is 10.5 Å². The summed E-state index contributed by atoms with van der Waals surface area (Å²) in [5.74, 6) is -0.941. The standard InChI is InChI=1S/C18H18N2O3/c21-18(22)17(20-23-12-13-6-2-1-3-7-13)10-14-11-19-16-9-5-4-8-15(14)16/h1-9,11,17,19-20H,10,12H2,(H,21,22). The Hall–Kier alpha value is -2.63. The number of hydrogen-bond donors (Lipinski definition) is 3. The first-order valence-electron chi connectivity index (χ1n) is 7.43. The average molecular weight is 310 g/mol. The van der Waals surface area contributed by atoms with Gasteiger partial charge in [-0.05, 0) is 17.2 Å². The predicted octanol–water partition coefficient (Wildman–Crippen LogP) is 2.89. The van der Waals surface area contributed by atoms with E-state index in [0.29, 0.717) is 13.0 Å². The summed E-state index contributed by atoms with van der Waals surface area (Å²) in [7, 11) is 0. The SMILES string of the molecule is O=C(O)C(Cc1c[nH]c2ccccc12)NOCc1ccccc1. The monoisotopic (exact) mass is 310 g/mol. The van der Waals surface area contributed by atoms with Gasteiger partial charge < -0.3 is 10.1 Å². The van der Waals surface area contributed by atoms with Crippen molar-refractivity contribution in [3.8, 4) is 0 Å². The summed E-state index contributed by atoms with van der Waals surface area (Å²) in [6, 6.07) is 16.6. The van der Waals surface area contributed by atoms with Crippen molar-refractivity contribution in [3.05, 3.63) is 71.9 Å². The Morgan fingerprint density at radius 2 is 1.87 bits per heavy atom. The molecule has 23 heavy (non-hydrogen) atoms. The van der Waals surface area contributed by atoms with E-state index in [-0.39, 0.29) is 0 Å². The maximum Gasteiger partial charge on any atom is 0.323 e. The van der Waals surface area contributed by atoms with Gasteiger partial charge in [0, 0.05) is 23.5 Å². The lowest BCUT2D eigenvalue weighted by atomic mass is 10.1. The fraction of sp³-hybridized carbons (Fsp3) is 0.167. The molecule has 0 fully saturated rings. The molecule has 1 aromatic heterocycles. The van der Waals surface area contributed by atoms with Crippen LogP contribution in [0.4, 0.5) is 0 Å². The maximum absolute atomic E-state index is 11.5. The molecule has 2 aromatic carbocycles. The molecule has 5 heteroatoms. The van der Waals surface area contributed by atoms with Gasteiger partial charge in [0.2, 0.25) is 0 Å². The largest absolute Gasteiger partial charge is 0.480 e. The second-order valence-electron chi connectivity index (χ2n) is 5.35. The van der Waals surface area contributed by atoms with Crippen molar-refractivity contribution < 1.29 is 14.7 Å². The number of benzene rings is 2. The summed E-state index contributed by atoms with van der Waals surface area (Å²) in [5.41, 5.74) is 5.58. The Bertz CT molecular complexity index is 783. The van der Waals surface area contributed by atoms with Crippen molar-refractivity contribution in [2.24, 2.45) is 0 Å². The minimum absolute atomic E-state index is 0.318. The zero-order valence-corrected chi connectivity index (χ0v) is 12.5. The van der Waals surface area contributed by atoms with Gasteiger partial charge in [0.25, 0.3) is 0 Å². The minimum Gasteiger partial charge on any atom is -0.480 e. The second kappa shape index (κ2) is 7.09. The van der Waals surface area contributed by atoms with E-state index in [1.165, 1.54) is 0 Å². The normalized spacial score (nSPS) is 12.3. The van der Waals surface area contributed by atoms with Crippen LogP contribution in [0.25, 0.3) is 10.9 Å². The summed E-state index contributed by atoms with van der Waals surface area (Å²) >= 11 is 0. The molecule has 0 radical (unpaired) electrons. The zero-order valence-electron chi connectivity index (χ0n) is 12.5. The molecule has 1 unspecified atom stereocenters. The summed E-state index contributed by atoms with van der Waals surface area (Å²) in [5, 5.41) is 10.4. The van der Waals surface area contributed by atoms with E-state index in [4.69, 9.17) is 4.84 Å². The van der Waals surface area contributed by atoms with Gasteiger partial charge >= 0.3 is 5.97 Å². The van der Waals surface area contributed by atoms with E-state index in [0.717, 1.165) is 22.0 Å². The van der Waals surface area contributed by atoms with Crippen LogP contribution in [0.3, 0.4) is 0 Å². The van der Waals surface area contributed by atoms with E-state index in [1.807, 2.05) is 60.8 Å². The minimum atomic E-state index is -0.941. The fourth-order valence-corrected chi connectivity index (χ4v) is 2.50. The maximum atomic E-state index is 11.5. The third kappa shape index (κ3) is 3.77. The summed E-state index contributed by atoms with van der Waals surface area (Å²) in [6.45, 7) is 0.318. The van der Waals surface area contributed by atoms with Gasteiger partial charge in [0.05, 0.1) is 6.61 Å². The molecule has 1 atom stereocenters. The Morgan fingerprint density at radius 1 is 1.13 bits per heavy atom. The molecule has 3 N–H and O–H groups in total. The van der Waals surface area contributed by atoms with Crippen LogP contribution in [-0.2, 0) is 22.7 Å². The highest BCUT2D eigenvalue weighted by molar-refractivity contribution is 5.84. The first kappa shape index (κ1) is 15.3. The molecule has 0 saturated heterocycles. The third-order valence-corrected chi connectivity index (χ3v) is 3.70. The highest BCUT2D eigenvalue weighted by atomic mass is 16.6. The molecule has 118 valence electrons. The Labute approximate surface area is 133 Å². The fourth-order valence-electron chi connectivity index (χ4n) is 2.50. The molecule has 0 aliphatic rings. The summed E-state index contributed by atoms with van der Waals surface area (Å²) in [4.78, 5) is 20.0. The summed E-state index contributed by atoms with van der Waals surface area (Å²) in [6.07, 6.45) is 2.19. The number of nitrogens with one attached hydrogen (secondary N) is 2. The Kier molecular flexibility index (Phi) is 4.71. The van der Waals surface area contributed by atoms with Gasteiger partial charge in [-0.15, -0.1) is 0 Å². The van der Waals surface area contributed by atoms with E-state index in [9.17, 15) is 9.90 Å². The lowest BCUT2D eigenvalue weighted by molar-refractivity contribution is -0.144. The van der Waals surface area contributed by atoms with Crippen LogP contribution in [0.2, 0.25) is 0 Å². The molecular weight excluding hydrogens is 292 g/mol. The molecule has 0 bridgehead atoms. The third-order valence-electron chi connectivity index (χ3n) is 3.70. The van der Waals surface area contributed by atoms with Gasteiger partial charge in [0.1, 0.15) is 6.04 Å². The first-order valence-corrected chi connectivity index (χ1v) is 7.43. The average Bonchev–Trinajstić information content (AvgIpc) is 2.98. The smallest absolute Gasteiger partial charge is 0.323 e. The van der Waals surface area contributed by atoms with Crippen LogP contribution in [-0.4, -0.2) is 22.1 Å². The van der Waals surface area contributed by atoms with E-state index in [2.05, 4.69) is 10.5 Å². The van der Waals surface area contributed by atoms with Crippen LogP contribution >= 0.6 is 0 Å². The topological polar surface area (TPSA) is 74.3 Å². The Morgan fingerprint density at radius 3 is 2.65 bits per heavy atom. The second-order valence-corrected chi connectivity index (χ2v) is 5.35. The van der Waals surface area contributed by atoms with Crippen molar-refractivity contribution >= 4 is 16.9 Å². The number of fused-ring (bicyclic) bond motifs is 1. The van der Waals surface area contributed by atoms with Crippen molar-refractivity contribution in [2.75, 3.05) is 0 Å². The summed E-state index contributed by atoms with van der Waals surface area (Å²) < 4.78 is 0. The quantitative estimate of drug-likeness (QED) is 0.587. The molecule has 3 rings (SSSR count). The number of aromatic amines is 1. The molecule has 0 amide bonds. The lowest BCUT2D eigenvalue weighted by Crippen LogP contribution is -2.38. The number of hydrogen-bond acceptors (Lipinski definition) is 3. The van der Waals surface area contributed by atoms with E-state index < -0.39 is 12.0 Å². The van der Waals surface area contributed by atoms with Crippen molar-refractivity contribution in [1.29, 1.82) is 0 Å². The molecule has 5 nitrogen and oxygen atoms in total. The van der Waals surface area contributed by atoms with Crippen molar-refractivity contribution in [3.63, 3.8) is 0 Å². The van der Waals surface area contributed by atoms with E-state index in [1.54, 1.807) is 0 Å². The number of hydroxylamine groups is 1. The number of rotatable bonds is 7. The number of carbonyl (C=O) groups is 1. The first-order chi connectivity index (χ1) is 11.2. The van der Waals surface area contributed by atoms with Crippen LogP contribution < -0.4 is 5.48 Å². The van der Waals surface area contributed by atoms with Crippen LogP contribution in [0.15, 0.2) is 60.8 Å². The highest BCUT2D eigenvalue weighted by Crippen LogP contribution is 2.19.